The summed E-state index contributed by atoms with van der Waals surface area (Å²) in [5.41, 5.74) is 2.10. The minimum Gasteiger partial charge on any atom is -0.372 e. The molecule has 1 unspecified atom stereocenters. The van der Waals surface area contributed by atoms with Crippen LogP contribution in [0.2, 0.25) is 0 Å². The molecule has 1 rings (SSSR count). The van der Waals surface area contributed by atoms with Crippen LogP contribution in [0.25, 0.3) is 0 Å². The molecule has 5 nitrogen and oxygen atoms in total. The molecule has 1 aromatic heterocycles. The lowest BCUT2D eigenvalue weighted by molar-refractivity contribution is -0.126. The third-order valence-electron chi connectivity index (χ3n) is 2.70. The Labute approximate surface area is 102 Å². The molecule has 0 aliphatic heterocycles. The minimum absolute atomic E-state index is 0.0403. The van der Waals surface area contributed by atoms with Gasteiger partial charge in [-0.05, 0) is 20.3 Å². The summed E-state index contributed by atoms with van der Waals surface area (Å²) in [7, 11) is 1.89. The van der Waals surface area contributed by atoms with Gasteiger partial charge in [0.05, 0.1) is 12.2 Å². The number of hydrogen-bond acceptors (Lipinski definition) is 3. The van der Waals surface area contributed by atoms with Gasteiger partial charge in [-0.25, -0.2) is 0 Å². The van der Waals surface area contributed by atoms with Crippen LogP contribution < -0.4 is 5.32 Å². The number of carbonyl (C=O) groups is 1. The van der Waals surface area contributed by atoms with Crippen LogP contribution in [-0.4, -0.2) is 28.9 Å². The van der Waals surface area contributed by atoms with Crippen molar-refractivity contribution in [2.45, 2.75) is 33.2 Å². The lowest BCUT2D eigenvalue weighted by atomic mass is 10.1. The normalized spacial score (nSPS) is 12.5. The van der Waals surface area contributed by atoms with E-state index in [4.69, 9.17) is 4.74 Å². The number of aryl methyl sites for hydroxylation is 1. The van der Waals surface area contributed by atoms with E-state index in [2.05, 4.69) is 10.4 Å². The first-order valence-electron chi connectivity index (χ1n) is 5.91. The number of nitrogens with zero attached hydrogens (tertiary/aromatic N) is 2. The summed E-state index contributed by atoms with van der Waals surface area (Å²) in [6, 6.07) is -0.0403. The van der Waals surface area contributed by atoms with Crippen LogP contribution in [0, 0.1) is 6.92 Å². The van der Waals surface area contributed by atoms with Crippen molar-refractivity contribution in [2.24, 2.45) is 7.05 Å². The van der Waals surface area contributed by atoms with E-state index in [-0.39, 0.29) is 18.6 Å². The summed E-state index contributed by atoms with van der Waals surface area (Å²) in [4.78, 5) is 11.6. The zero-order valence-electron chi connectivity index (χ0n) is 11.0. The molecule has 0 saturated heterocycles. The molecule has 1 heterocycles. The molecule has 0 aromatic carbocycles. The molecule has 1 aromatic rings. The molecule has 0 bridgehead atoms. The monoisotopic (exact) mass is 239 g/mol. The van der Waals surface area contributed by atoms with E-state index < -0.39 is 0 Å². The first-order chi connectivity index (χ1) is 8.06. The Morgan fingerprint density at radius 1 is 1.65 bits per heavy atom. The molecule has 0 saturated carbocycles. The molecule has 0 radical (unpaired) electrons. The highest BCUT2D eigenvalue weighted by Crippen LogP contribution is 2.15. The first kappa shape index (κ1) is 13.7. The Kier molecular flexibility index (Phi) is 5.15. The number of hydrogen-bond donors (Lipinski definition) is 1. The van der Waals surface area contributed by atoms with Crippen molar-refractivity contribution in [1.29, 1.82) is 0 Å². The third-order valence-corrected chi connectivity index (χ3v) is 2.70. The van der Waals surface area contributed by atoms with Gasteiger partial charge in [0.25, 0.3) is 0 Å². The van der Waals surface area contributed by atoms with Crippen LogP contribution in [0.3, 0.4) is 0 Å². The quantitative estimate of drug-likeness (QED) is 0.762. The standard InChI is InChI=1S/C12H21N3O2/c1-5-6-17-8-12(16)14-9(2)11-7-13-15(4)10(11)3/h7,9H,5-6,8H2,1-4H3,(H,14,16). The van der Waals surface area contributed by atoms with Crippen molar-refractivity contribution in [3.8, 4) is 0 Å². The van der Waals surface area contributed by atoms with Gasteiger partial charge in [0, 0.05) is 24.9 Å². The van der Waals surface area contributed by atoms with E-state index in [1.807, 2.05) is 27.8 Å². The zero-order chi connectivity index (χ0) is 12.8. The van der Waals surface area contributed by atoms with E-state index in [0.29, 0.717) is 6.61 Å². The van der Waals surface area contributed by atoms with Crippen LogP contribution in [-0.2, 0) is 16.6 Å². The summed E-state index contributed by atoms with van der Waals surface area (Å²) in [6.07, 6.45) is 2.71. The van der Waals surface area contributed by atoms with E-state index in [9.17, 15) is 4.79 Å². The molecular formula is C12H21N3O2. The Morgan fingerprint density at radius 3 is 2.88 bits per heavy atom. The van der Waals surface area contributed by atoms with Crippen LogP contribution in [0.4, 0.5) is 0 Å². The van der Waals surface area contributed by atoms with E-state index in [0.717, 1.165) is 17.7 Å². The number of aromatic nitrogens is 2. The van der Waals surface area contributed by atoms with Gasteiger partial charge >= 0.3 is 0 Å². The van der Waals surface area contributed by atoms with E-state index >= 15 is 0 Å². The van der Waals surface area contributed by atoms with Crippen molar-refractivity contribution < 1.29 is 9.53 Å². The predicted octanol–water partition coefficient (Wildman–Crippen LogP) is 1.33. The lowest BCUT2D eigenvalue weighted by Crippen LogP contribution is -2.30. The second-order valence-electron chi connectivity index (χ2n) is 4.15. The summed E-state index contributed by atoms with van der Waals surface area (Å²) in [5, 5.41) is 7.05. The average molecular weight is 239 g/mol. The smallest absolute Gasteiger partial charge is 0.246 e. The van der Waals surface area contributed by atoms with Crippen molar-refractivity contribution in [3.05, 3.63) is 17.5 Å². The third kappa shape index (κ3) is 3.85. The van der Waals surface area contributed by atoms with Gasteiger partial charge in [0.2, 0.25) is 5.91 Å². The molecular weight excluding hydrogens is 218 g/mol. The Balaban J connectivity index is 2.46. The van der Waals surface area contributed by atoms with Crippen LogP contribution in [0.15, 0.2) is 6.20 Å². The molecule has 96 valence electrons. The number of carbonyl (C=O) groups excluding carboxylic acids is 1. The van der Waals surface area contributed by atoms with Gasteiger partial charge < -0.3 is 10.1 Å². The Hall–Kier alpha value is -1.36. The topological polar surface area (TPSA) is 56.1 Å². The number of nitrogens with one attached hydrogen (secondary N) is 1. The van der Waals surface area contributed by atoms with Gasteiger partial charge in [0.15, 0.2) is 0 Å². The molecule has 0 aliphatic carbocycles. The van der Waals surface area contributed by atoms with Gasteiger partial charge in [-0.2, -0.15) is 5.10 Å². The molecule has 0 spiro atoms. The number of amides is 1. The highest BCUT2D eigenvalue weighted by atomic mass is 16.5. The zero-order valence-corrected chi connectivity index (χ0v) is 11.0. The van der Waals surface area contributed by atoms with Crippen LogP contribution in [0.5, 0.6) is 0 Å². The van der Waals surface area contributed by atoms with Gasteiger partial charge in [-0.3, -0.25) is 9.48 Å². The predicted molar refractivity (Wildman–Crippen MR) is 65.6 cm³/mol. The van der Waals surface area contributed by atoms with Crippen molar-refractivity contribution in [3.63, 3.8) is 0 Å². The van der Waals surface area contributed by atoms with E-state index in [1.165, 1.54) is 0 Å². The maximum Gasteiger partial charge on any atom is 0.246 e. The van der Waals surface area contributed by atoms with Gasteiger partial charge in [0.1, 0.15) is 6.61 Å². The van der Waals surface area contributed by atoms with Crippen molar-refractivity contribution in [2.75, 3.05) is 13.2 Å². The second-order valence-corrected chi connectivity index (χ2v) is 4.15. The lowest BCUT2D eigenvalue weighted by Gasteiger charge is -2.13. The van der Waals surface area contributed by atoms with E-state index in [1.54, 1.807) is 10.9 Å². The van der Waals surface area contributed by atoms with Crippen molar-refractivity contribution >= 4 is 5.91 Å². The highest BCUT2D eigenvalue weighted by molar-refractivity contribution is 5.77. The largest absolute Gasteiger partial charge is 0.372 e. The summed E-state index contributed by atoms with van der Waals surface area (Å²) in [5.74, 6) is -0.0887. The summed E-state index contributed by atoms with van der Waals surface area (Å²) < 4.78 is 6.98. The fourth-order valence-electron chi connectivity index (χ4n) is 1.61. The maximum absolute atomic E-state index is 11.6. The highest BCUT2D eigenvalue weighted by Gasteiger charge is 2.14. The maximum atomic E-state index is 11.6. The van der Waals surface area contributed by atoms with Crippen LogP contribution >= 0.6 is 0 Å². The van der Waals surface area contributed by atoms with Gasteiger partial charge in [-0.15, -0.1) is 0 Å². The Morgan fingerprint density at radius 2 is 2.35 bits per heavy atom. The Bertz CT molecular complexity index is 374. The minimum atomic E-state index is -0.0887. The molecule has 1 N–H and O–H groups in total. The molecule has 17 heavy (non-hydrogen) atoms. The fourth-order valence-corrected chi connectivity index (χ4v) is 1.61. The SMILES string of the molecule is CCCOCC(=O)NC(C)c1cnn(C)c1C. The summed E-state index contributed by atoms with van der Waals surface area (Å²) in [6.45, 7) is 6.69. The molecule has 5 heteroatoms. The molecule has 1 amide bonds. The van der Waals surface area contributed by atoms with Crippen LogP contribution in [0.1, 0.15) is 37.6 Å². The average Bonchev–Trinajstić information content (AvgIpc) is 2.60. The second kappa shape index (κ2) is 6.39. The molecule has 0 aliphatic rings. The fraction of sp³-hybridized carbons (Fsp3) is 0.667. The molecule has 0 fully saturated rings. The summed E-state index contributed by atoms with van der Waals surface area (Å²) >= 11 is 0. The first-order valence-corrected chi connectivity index (χ1v) is 5.91. The molecule has 1 atom stereocenters. The number of rotatable bonds is 6. The van der Waals surface area contributed by atoms with Gasteiger partial charge in [-0.1, -0.05) is 6.92 Å². The van der Waals surface area contributed by atoms with Crippen molar-refractivity contribution in [1.82, 2.24) is 15.1 Å². The number of ether oxygens (including phenoxy) is 1.